The van der Waals surface area contributed by atoms with Crippen LogP contribution in [0, 0.1) is 13.8 Å². The molecule has 0 spiro atoms. The van der Waals surface area contributed by atoms with Gasteiger partial charge in [-0.05, 0) is 31.4 Å². The molecule has 5 heteroatoms. The highest BCUT2D eigenvalue weighted by molar-refractivity contribution is 5.79. The summed E-state index contributed by atoms with van der Waals surface area (Å²) in [6.45, 7) is 5.72. The molecule has 1 aromatic heterocycles. The van der Waals surface area contributed by atoms with Gasteiger partial charge < -0.3 is 10.2 Å². The van der Waals surface area contributed by atoms with Crippen LogP contribution >= 0.6 is 0 Å². The predicted octanol–water partition coefficient (Wildman–Crippen LogP) is 2.29. The largest absolute Gasteiger partial charge is 0.356 e. The SMILES string of the molecule is Cc1nn(C)c(C)c1CCNC(=NCc1ccccc1)N(C)C. The van der Waals surface area contributed by atoms with Crippen LogP contribution in [0.3, 0.4) is 0 Å². The lowest BCUT2D eigenvalue weighted by molar-refractivity contribution is 0.579. The van der Waals surface area contributed by atoms with Crippen LogP contribution in [0.1, 0.15) is 22.5 Å². The Morgan fingerprint density at radius 1 is 1.22 bits per heavy atom. The lowest BCUT2D eigenvalue weighted by Crippen LogP contribution is -2.37. The Kier molecular flexibility index (Phi) is 5.79. The molecule has 0 aliphatic heterocycles. The van der Waals surface area contributed by atoms with Gasteiger partial charge in [0.05, 0.1) is 12.2 Å². The Balaban J connectivity index is 1.95. The fourth-order valence-electron chi connectivity index (χ4n) is 2.58. The number of nitrogens with zero attached hydrogens (tertiary/aromatic N) is 4. The molecule has 0 bridgehead atoms. The van der Waals surface area contributed by atoms with Crippen LogP contribution < -0.4 is 5.32 Å². The fourth-order valence-corrected chi connectivity index (χ4v) is 2.58. The second-order valence-electron chi connectivity index (χ2n) is 5.97. The van der Waals surface area contributed by atoms with Gasteiger partial charge in [0.2, 0.25) is 0 Å². The van der Waals surface area contributed by atoms with Gasteiger partial charge in [-0.3, -0.25) is 4.68 Å². The van der Waals surface area contributed by atoms with Crippen LogP contribution in [0.25, 0.3) is 0 Å². The van der Waals surface area contributed by atoms with E-state index >= 15 is 0 Å². The second kappa shape index (κ2) is 7.81. The molecule has 0 aliphatic carbocycles. The van der Waals surface area contributed by atoms with Crippen molar-refractivity contribution in [2.24, 2.45) is 12.0 Å². The second-order valence-corrected chi connectivity index (χ2v) is 5.97. The molecular formula is C18H27N5. The van der Waals surface area contributed by atoms with Gasteiger partial charge in [-0.1, -0.05) is 30.3 Å². The molecule has 23 heavy (non-hydrogen) atoms. The molecule has 0 atom stereocenters. The molecule has 2 aromatic rings. The van der Waals surface area contributed by atoms with Gasteiger partial charge in [-0.15, -0.1) is 0 Å². The number of hydrogen-bond acceptors (Lipinski definition) is 2. The minimum absolute atomic E-state index is 0.687. The average Bonchev–Trinajstić information content (AvgIpc) is 2.77. The van der Waals surface area contributed by atoms with Gasteiger partial charge in [0.25, 0.3) is 0 Å². The van der Waals surface area contributed by atoms with Crippen LogP contribution in [0.4, 0.5) is 0 Å². The summed E-state index contributed by atoms with van der Waals surface area (Å²) in [5.41, 5.74) is 4.88. The van der Waals surface area contributed by atoms with E-state index in [1.54, 1.807) is 0 Å². The first-order valence-corrected chi connectivity index (χ1v) is 7.97. The molecule has 0 aliphatic rings. The number of guanidine groups is 1. The van der Waals surface area contributed by atoms with Crippen molar-refractivity contribution in [1.82, 2.24) is 20.0 Å². The number of aliphatic imine (C=N–C) groups is 1. The van der Waals surface area contributed by atoms with Crippen molar-refractivity contribution in [2.45, 2.75) is 26.8 Å². The first-order chi connectivity index (χ1) is 11.0. The lowest BCUT2D eigenvalue weighted by atomic mass is 10.1. The molecule has 1 N–H and O–H groups in total. The van der Waals surface area contributed by atoms with Gasteiger partial charge in [0.15, 0.2) is 5.96 Å². The van der Waals surface area contributed by atoms with Crippen molar-refractivity contribution in [2.75, 3.05) is 20.6 Å². The number of hydrogen-bond donors (Lipinski definition) is 1. The summed E-state index contributed by atoms with van der Waals surface area (Å²) < 4.78 is 1.95. The molecule has 0 saturated carbocycles. The molecule has 1 heterocycles. The summed E-state index contributed by atoms with van der Waals surface area (Å²) in [6, 6.07) is 10.3. The Labute approximate surface area is 139 Å². The maximum Gasteiger partial charge on any atom is 0.193 e. The highest BCUT2D eigenvalue weighted by Crippen LogP contribution is 2.11. The standard InChI is InChI=1S/C18H27N5/c1-14-17(15(2)23(5)21-14)11-12-19-18(22(3)4)20-13-16-9-7-6-8-10-16/h6-10H,11-13H2,1-5H3,(H,19,20). The van der Waals surface area contributed by atoms with Crippen molar-refractivity contribution in [3.63, 3.8) is 0 Å². The third kappa shape index (κ3) is 4.58. The van der Waals surface area contributed by atoms with Crippen molar-refractivity contribution in [3.05, 3.63) is 52.8 Å². The van der Waals surface area contributed by atoms with E-state index in [2.05, 4.69) is 41.4 Å². The van der Waals surface area contributed by atoms with Crippen LogP contribution in [-0.4, -0.2) is 41.3 Å². The number of aromatic nitrogens is 2. The first kappa shape index (κ1) is 17.1. The van der Waals surface area contributed by atoms with E-state index in [1.807, 2.05) is 48.9 Å². The highest BCUT2D eigenvalue weighted by atomic mass is 15.3. The minimum atomic E-state index is 0.687. The number of rotatable bonds is 5. The minimum Gasteiger partial charge on any atom is -0.356 e. The van der Waals surface area contributed by atoms with Gasteiger partial charge >= 0.3 is 0 Å². The zero-order chi connectivity index (χ0) is 16.8. The van der Waals surface area contributed by atoms with Gasteiger partial charge in [-0.2, -0.15) is 5.10 Å². The fraction of sp³-hybridized carbons (Fsp3) is 0.444. The maximum absolute atomic E-state index is 4.69. The van der Waals surface area contributed by atoms with Crippen molar-refractivity contribution in [1.29, 1.82) is 0 Å². The van der Waals surface area contributed by atoms with E-state index in [1.165, 1.54) is 16.8 Å². The van der Waals surface area contributed by atoms with Gasteiger partial charge in [-0.25, -0.2) is 4.99 Å². The quantitative estimate of drug-likeness (QED) is 0.680. The topological polar surface area (TPSA) is 45.5 Å². The molecule has 2 rings (SSSR count). The van der Waals surface area contributed by atoms with Crippen LogP contribution in [0.2, 0.25) is 0 Å². The average molecular weight is 313 g/mol. The molecule has 5 nitrogen and oxygen atoms in total. The van der Waals surface area contributed by atoms with Crippen LogP contribution in [0.15, 0.2) is 35.3 Å². The first-order valence-electron chi connectivity index (χ1n) is 7.97. The van der Waals surface area contributed by atoms with E-state index in [4.69, 9.17) is 0 Å². The van der Waals surface area contributed by atoms with E-state index in [-0.39, 0.29) is 0 Å². The highest BCUT2D eigenvalue weighted by Gasteiger charge is 2.09. The molecule has 1 aromatic carbocycles. The summed E-state index contributed by atoms with van der Waals surface area (Å²) in [6.07, 6.45) is 0.948. The summed E-state index contributed by atoms with van der Waals surface area (Å²) in [4.78, 5) is 6.71. The summed E-state index contributed by atoms with van der Waals surface area (Å²) >= 11 is 0. The molecular weight excluding hydrogens is 286 g/mol. The smallest absolute Gasteiger partial charge is 0.193 e. The summed E-state index contributed by atoms with van der Waals surface area (Å²) in [5, 5.41) is 7.91. The Bertz CT molecular complexity index is 656. The number of nitrogens with one attached hydrogen (secondary N) is 1. The maximum atomic E-state index is 4.69. The zero-order valence-corrected chi connectivity index (χ0v) is 14.8. The van der Waals surface area contributed by atoms with Crippen LogP contribution in [-0.2, 0) is 20.0 Å². The molecule has 0 fully saturated rings. The van der Waals surface area contributed by atoms with E-state index in [9.17, 15) is 0 Å². The predicted molar refractivity (Wildman–Crippen MR) is 95.7 cm³/mol. The van der Waals surface area contributed by atoms with Gasteiger partial charge in [0, 0.05) is 33.4 Å². The summed E-state index contributed by atoms with van der Waals surface area (Å²) in [5.74, 6) is 0.910. The molecule has 0 radical (unpaired) electrons. The Hall–Kier alpha value is -2.30. The normalized spacial score (nSPS) is 11.6. The van der Waals surface area contributed by atoms with Crippen molar-refractivity contribution < 1.29 is 0 Å². The van der Waals surface area contributed by atoms with Crippen molar-refractivity contribution in [3.8, 4) is 0 Å². The molecule has 0 saturated heterocycles. The Morgan fingerprint density at radius 2 is 1.91 bits per heavy atom. The third-order valence-corrected chi connectivity index (χ3v) is 3.99. The van der Waals surface area contributed by atoms with E-state index in [0.29, 0.717) is 6.54 Å². The molecule has 0 unspecified atom stereocenters. The zero-order valence-electron chi connectivity index (χ0n) is 14.8. The number of benzene rings is 1. The van der Waals surface area contributed by atoms with E-state index in [0.717, 1.165) is 24.6 Å². The van der Waals surface area contributed by atoms with Crippen molar-refractivity contribution >= 4 is 5.96 Å². The number of aryl methyl sites for hydroxylation is 2. The Morgan fingerprint density at radius 3 is 2.48 bits per heavy atom. The summed E-state index contributed by atoms with van der Waals surface area (Å²) in [7, 11) is 6.01. The van der Waals surface area contributed by atoms with Crippen LogP contribution in [0.5, 0.6) is 0 Å². The monoisotopic (exact) mass is 313 g/mol. The van der Waals surface area contributed by atoms with Gasteiger partial charge in [0.1, 0.15) is 0 Å². The third-order valence-electron chi connectivity index (χ3n) is 3.99. The van der Waals surface area contributed by atoms with E-state index < -0.39 is 0 Å². The molecule has 124 valence electrons. The molecule has 0 amide bonds. The lowest BCUT2D eigenvalue weighted by Gasteiger charge is -2.17.